The van der Waals surface area contributed by atoms with E-state index >= 15 is 0 Å². The van der Waals surface area contributed by atoms with Gasteiger partial charge in [0.2, 0.25) is 0 Å². The highest BCUT2D eigenvalue weighted by Gasteiger charge is 2.21. The standard InChI is InChI=1S/C16H18N2O4/c1-3-22-15(19)13(10-17)11-18-14(16(20)21-2)9-12-7-5-4-6-8-12/h4-8,11,13-14H,3,9H2,1-2H3/t13-,14+/m1/s1. The van der Waals surface area contributed by atoms with Crippen LogP contribution >= 0.6 is 0 Å². The van der Waals surface area contributed by atoms with Crippen molar-refractivity contribution in [3.8, 4) is 6.07 Å². The van der Waals surface area contributed by atoms with Crippen molar-refractivity contribution in [2.45, 2.75) is 19.4 Å². The molecule has 0 bridgehead atoms. The molecule has 1 rings (SSSR count). The molecule has 0 N–H and O–H groups in total. The van der Waals surface area contributed by atoms with Gasteiger partial charge in [0.05, 0.1) is 19.8 Å². The summed E-state index contributed by atoms with van der Waals surface area (Å²) in [5.41, 5.74) is 0.902. The fourth-order valence-corrected chi connectivity index (χ4v) is 1.74. The van der Waals surface area contributed by atoms with Crippen LogP contribution in [0.5, 0.6) is 0 Å². The van der Waals surface area contributed by atoms with Crippen molar-refractivity contribution in [3.05, 3.63) is 35.9 Å². The Balaban J connectivity index is 2.84. The molecule has 0 aliphatic carbocycles. The lowest BCUT2D eigenvalue weighted by atomic mass is 10.1. The Bertz CT molecular complexity index is 563. The van der Waals surface area contributed by atoms with Crippen molar-refractivity contribution in [1.82, 2.24) is 0 Å². The minimum absolute atomic E-state index is 0.176. The molecule has 0 spiro atoms. The number of rotatable bonds is 7. The normalized spacial score (nSPS) is 13.1. The fraction of sp³-hybridized carbons (Fsp3) is 0.375. The highest BCUT2D eigenvalue weighted by atomic mass is 16.5. The summed E-state index contributed by atoms with van der Waals surface area (Å²) in [4.78, 5) is 27.4. The third kappa shape index (κ3) is 5.37. The van der Waals surface area contributed by atoms with E-state index in [9.17, 15) is 9.59 Å². The van der Waals surface area contributed by atoms with Crippen molar-refractivity contribution >= 4 is 18.2 Å². The van der Waals surface area contributed by atoms with Crippen LogP contribution in [-0.4, -0.2) is 37.9 Å². The lowest BCUT2D eigenvalue weighted by Crippen LogP contribution is -2.25. The number of aliphatic imine (C=N–C) groups is 1. The number of nitrogens with zero attached hydrogens (tertiary/aromatic N) is 2. The maximum atomic E-state index is 11.8. The number of nitriles is 1. The molecule has 0 unspecified atom stereocenters. The first-order chi connectivity index (χ1) is 10.6. The van der Waals surface area contributed by atoms with Gasteiger partial charge in [0.1, 0.15) is 0 Å². The Morgan fingerprint density at radius 2 is 2.00 bits per heavy atom. The molecule has 0 radical (unpaired) electrons. The van der Waals surface area contributed by atoms with Crippen LogP contribution in [0.2, 0.25) is 0 Å². The summed E-state index contributed by atoms with van der Waals surface area (Å²) in [5, 5.41) is 8.96. The van der Waals surface area contributed by atoms with E-state index in [4.69, 9.17) is 14.7 Å². The highest BCUT2D eigenvalue weighted by molar-refractivity contribution is 5.93. The van der Waals surface area contributed by atoms with E-state index in [1.165, 1.54) is 7.11 Å². The molecule has 1 aromatic carbocycles. The SMILES string of the molecule is CCOC(=O)[C@H](C#N)C=N[C@@H](Cc1ccccc1)C(=O)OC. The first-order valence-electron chi connectivity index (χ1n) is 6.83. The van der Waals surface area contributed by atoms with Crippen LogP contribution in [0, 0.1) is 17.2 Å². The molecule has 2 atom stereocenters. The third-order valence-electron chi connectivity index (χ3n) is 2.84. The van der Waals surface area contributed by atoms with Gasteiger partial charge in [0.25, 0.3) is 0 Å². The van der Waals surface area contributed by atoms with Gasteiger partial charge in [-0.05, 0) is 12.5 Å². The van der Waals surface area contributed by atoms with Crippen LogP contribution in [0.1, 0.15) is 12.5 Å². The van der Waals surface area contributed by atoms with Crippen molar-refractivity contribution in [1.29, 1.82) is 5.26 Å². The number of hydrogen-bond acceptors (Lipinski definition) is 6. The van der Waals surface area contributed by atoms with E-state index in [0.717, 1.165) is 11.8 Å². The number of methoxy groups -OCH3 is 1. The first-order valence-corrected chi connectivity index (χ1v) is 6.83. The Kier molecular flexibility index (Phi) is 7.34. The van der Waals surface area contributed by atoms with Crippen LogP contribution in [-0.2, 0) is 25.5 Å². The van der Waals surface area contributed by atoms with Crippen molar-refractivity contribution < 1.29 is 19.1 Å². The third-order valence-corrected chi connectivity index (χ3v) is 2.84. The average molecular weight is 302 g/mol. The van der Waals surface area contributed by atoms with Crippen LogP contribution in [0.25, 0.3) is 0 Å². The summed E-state index contributed by atoms with van der Waals surface area (Å²) in [6.45, 7) is 1.82. The van der Waals surface area contributed by atoms with E-state index < -0.39 is 23.9 Å². The molecule has 0 saturated heterocycles. The molecular formula is C16H18N2O4. The Morgan fingerprint density at radius 1 is 1.32 bits per heavy atom. The van der Waals surface area contributed by atoms with Gasteiger partial charge in [-0.3, -0.25) is 9.79 Å². The molecule has 0 heterocycles. The molecule has 0 aromatic heterocycles. The van der Waals surface area contributed by atoms with E-state index in [0.29, 0.717) is 6.42 Å². The van der Waals surface area contributed by atoms with Gasteiger partial charge in [0, 0.05) is 12.6 Å². The number of carbonyl (C=O) groups is 2. The van der Waals surface area contributed by atoms with Crippen LogP contribution in [0.15, 0.2) is 35.3 Å². The lowest BCUT2D eigenvalue weighted by Gasteiger charge is -2.11. The Hall–Kier alpha value is -2.68. The van der Waals surface area contributed by atoms with E-state index in [-0.39, 0.29) is 6.61 Å². The predicted octanol–water partition coefficient (Wildman–Crippen LogP) is 1.54. The Morgan fingerprint density at radius 3 is 2.55 bits per heavy atom. The van der Waals surface area contributed by atoms with Gasteiger partial charge in [-0.1, -0.05) is 30.3 Å². The van der Waals surface area contributed by atoms with Crippen molar-refractivity contribution in [2.75, 3.05) is 13.7 Å². The second kappa shape index (κ2) is 9.29. The van der Waals surface area contributed by atoms with Crippen LogP contribution in [0.4, 0.5) is 0 Å². The summed E-state index contributed by atoms with van der Waals surface area (Å²) in [7, 11) is 1.27. The van der Waals surface area contributed by atoms with Crippen molar-refractivity contribution in [3.63, 3.8) is 0 Å². The molecule has 0 amide bonds. The van der Waals surface area contributed by atoms with Crippen molar-refractivity contribution in [2.24, 2.45) is 10.9 Å². The number of ether oxygens (including phenoxy) is 2. The molecule has 6 nitrogen and oxygen atoms in total. The van der Waals surface area contributed by atoms with Gasteiger partial charge in [-0.15, -0.1) is 0 Å². The summed E-state index contributed by atoms with van der Waals surface area (Å²) < 4.78 is 9.47. The zero-order valence-corrected chi connectivity index (χ0v) is 12.6. The Labute approximate surface area is 129 Å². The minimum atomic E-state index is -1.14. The van der Waals surface area contributed by atoms with Gasteiger partial charge >= 0.3 is 11.9 Å². The first kappa shape index (κ1) is 17.4. The second-order valence-corrected chi connectivity index (χ2v) is 4.39. The van der Waals surface area contributed by atoms with E-state index in [2.05, 4.69) is 4.99 Å². The minimum Gasteiger partial charge on any atom is -0.467 e. The topological polar surface area (TPSA) is 88.8 Å². The fourth-order valence-electron chi connectivity index (χ4n) is 1.74. The number of hydrogen-bond donors (Lipinski definition) is 0. The summed E-state index contributed by atoms with van der Waals surface area (Å²) in [5.74, 6) is -2.35. The maximum absolute atomic E-state index is 11.8. The smallest absolute Gasteiger partial charge is 0.330 e. The quantitative estimate of drug-likeness (QED) is 0.563. The predicted molar refractivity (Wildman–Crippen MR) is 80.2 cm³/mol. The van der Waals surface area contributed by atoms with E-state index in [1.807, 2.05) is 30.3 Å². The molecule has 6 heteroatoms. The van der Waals surface area contributed by atoms with E-state index in [1.54, 1.807) is 13.0 Å². The number of esters is 2. The highest BCUT2D eigenvalue weighted by Crippen LogP contribution is 2.08. The van der Waals surface area contributed by atoms with Crippen LogP contribution < -0.4 is 0 Å². The zero-order chi connectivity index (χ0) is 16.4. The van der Waals surface area contributed by atoms with Gasteiger partial charge in [-0.2, -0.15) is 5.26 Å². The molecule has 0 saturated carbocycles. The van der Waals surface area contributed by atoms with Gasteiger partial charge < -0.3 is 9.47 Å². The molecule has 22 heavy (non-hydrogen) atoms. The molecule has 0 aliphatic rings. The number of benzene rings is 1. The molecule has 0 fully saturated rings. The van der Waals surface area contributed by atoms with Gasteiger partial charge in [-0.25, -0.2) is 4.79 Å². The monoisotopic (exact) mass is 302 g/mol. The largest absolute Gasteiger partial charge is 0.467 e. The zero-order valence-electron chi connectivity index (χ0n) is 12.6. The van der Waals surface area contributed by atoms with Crippen LogP contribution in [0.3, 0.4) is 0 Å². The molecule has 116 valence electrons. The summed E-state index contributed by atoms with van der Waals surface area (Å²) in [6, 6.07) is 10.3. The second-order valence-electron chi connectivity index (χ2n) is 4.39. The summed E-state index contributed by atoms with van der Waals surface area (Å²) >= 11 is 0. The van der Waals surface area contributed by atoms with Gasteiger partial charge in [0.15, 0.2) is 12.0 Å². The lowest BCUT2D eigenvalue weighted by molar-refractivity contribution is -0.144. The summed E-state index contributed by atoms with van der Waals surface area (Å²) in [6.07, 6.45) is 1.47. The average Bonchev–Trinajstić information content (AvgIpc) is 2.54. The molecular weight excluding hydrogens is 284 g/mol. The maximum Gasteiger partial charge on any atom is 0.330 e. The molecule has 1 aromatic rings. The number of carbonyl (C=O) groups excluding carboxylic acids is 2. The molecule has 0 aliphatic heterocycles.